The third-order valence-electron chi connectivity index (χ3n) is 1.28. The van der Waals surface area contributed by atoms with Crippen molar-refractivity contribution in [1.29, 1.82) is 0 Å². The van der Waals surface area contributed by atoms with Gasteiger partial charge in [-0.2, -0.15) is 26.0 Å². The highest BCUT2D eigenvalue weighted by Crippen LogP contribution is 2.40. The highest BCUT2D eigenvalue weighted by molar-refractivity contribution is 8.06. The Bertz CT molecular complexity index is 451. The average Bonchev–Trinajstić information content (AvgIpc) is 1.99. The minimum Gasteiger partial charge on any atom is -0.244 e. The van der Waals surface area contributed by atoms with Gasteiger partial charge in [-0.05, 0) is 0 Å². The first-order valence-electron chi connectivity index (χ1n) is 3.23. The maximum atomic E-state index is 12.5. The molecule has 0 aromatic heterocycles. The first kappa shape index (κ1) is 15.5. The summed E-state index contributed by atoms with van der Waals surface area (Å²) in [6, 6.07) is 0. The molecule has 16 heavy (non-hydrogen) atoms. The Morgan fingerprint density at radius 1 is 0.938 bits per heavy atom. The molecule has 0 saturated heterocycles. The van der Waals surface area contributed by atoms with Gasteiger partial charge in [0.2, 0.25) is 9.84 Å². The van der Waals surface area contributed by atoms with Crippen molar-refractivity contribution in [1.82, 2.24) is 0 Å². The second-order valence-corrected chi connectivity index (χ2v) is 6.39. The van der Waals surface area contributed by atoms with Gasteiger partial charge in [-0.3, -0.25) is 0 Å². The summed E-state index contributed by atoms with van der Waals surface area (Å²) in [5.74, 6) is -5.63. The van der Waals surface area contributed by atoms with Gasteiger partial charge in [0.25, 0.3) is 0 Å². The highest BCUT2D eigenvalue weighted by atomic mass is 32.3. The first-order chi connectivity index (χ1) is 6.77. The molecule has 4 nitrogen and oxygen atoms in total. The molecule has 98 valence electrons. The second kappa shape index (κ2) is 4.05. The molecule has 0 atom stereocenters. The van der Waals surface area contributed by atoms with E-state index in [-0.39, 0.29) is 0 Å². The number of hydrogen-bond donors (Lipinski definition) is 0. The molecule has 0 aromatic carbocycles. The molecular weight excluding hydrogens is 290 g/mol. The van der Waals surface area contributed by atoms with E-state index >= 15 is 0 Å². The molecule has 0 aromatic rings. The number of sulfone groups is 1. The van der Waals surface area contributed by atoms with E-state index < -0.39 is 43.0 Å². The maximum absolute atomic E-state index is 12.5. The van der Waals surface area contributed by atoms with Crippen LogP contribution in [-0.2, 0) is 20.1 Å². The normalized spacial score (nSPS) is 15.1. The van der Waals surface area contributed by atoms with Crippen LogP contribution in [-0.4, -0.2) is 39.8 Å². The summed E-state index contributed by atoms with van der Waals surface area (Å²) >= 11 is 0. The fourth-order valence-electron chi connectivity index (χ4n) is 0.565. The van der Waals surface area contributed by atoms with Crippen LogP contribution in [0, 0.1) is 0 Å². The molecule has 12 heteroatoms. The van der Waals surface area contributed by atoms with Crippen LogP contribution in [0.1, 0.15) is 0 Å². The molecule has 0 aliphatic rings. The lowest BCUT2D eigenvalue weighted by molar-refractivity contribution is -0.165. The Morgan fingerprint density at radius 2 is 1.31 bits per heavy atom. The van der Waals surface area contributed by atoms with E-state index in [4.69, 9.17) is 0 Å². The topological polar surface area (TPSA) is 68.3 Å². The molecule has 0 aliphatic heterocycles. The summed E-state index contributed by atoms with van der Waals surface area (Å²) in [5.41, 5.74) is 0. The standard InChI is InChI=1S/C4H4F6O4S2/c5-1-3(6,7)4(8,9)15(11,12)2-16(10,13)14/h1-2H2. The molecule has 0 rings (SSSR count). The van der Waals surface area contributed by atoms with Gasteiger partial charge in [0.1, 0.15) is 0 Å². The molecule has 0 unspecified atom stereocenters. The Balaban J connectivity index is 5.50. The fraction of sp³-hybridized carbons (Fsp3) is 1.00. The van der Waals surface area contributed by atoms with Gasteiger partial charge in [-0.15, -0.1) is 3.89 Å². The molecule has 0 saturated carbocycles. The summed E-state index contributed by atoms with van der Waals surface area (Å²) < 4.78 is 113. The van der Waals surface area contributed by atoms with Crippen molar-refractivity contribution in [2.45, 2.75) is 11.2 Å². The van der Waals surface area contributed by atoms with E-state index in [9.17, 15) is 42.7 Å². The van der Waals surface area contributed by atoms with Crippen LogP contribution in [0.5, 0.6) is 0 Å². The van der Waals surface area contributed by atoms with Crippen molar-refractivity contribution in [3.05, 3.63) is 0 Å². The van der Waals surface area contributed by atoms with E-state index in [2.05, 4.69) is 0 Å². The van der Waals surface area contributed by atoms with E-state index in [1.165, 1.54) is 0 Å². The van der Waals surface area contributed by atoms with Crippen LogP contribution in [0.25, 0.3) is 0 Å². The Kier molecular flexibility index (Phi) is 3.92. The summed E-state index contributed by atoms with van der Waals surface area (Å²) in [4.78, 5) is 0. The number of hydrogen-bond acceptors (Lipinski definition) is 4. The Morgan fingerprint density at radius 3 is 1.56 bits per heavy atom. The molecule has 0 aliphatic carbocycles. The second-order valence-electron chi connectivity index (χ2n) is 2.63. The molecule has 0 N–H and O–H groups in total. The van der Waals surface area contributed by atoms with Gasteiger partial charge in [0.15, 0.2) is 11.8 Å². The zero-order valence-corrected chi connectivity index (χ0v) is 8.76. The van der Waals surface area contributed by atoms with Gasteiger partial charge < -0.3 is 0 Å². The average molecular weight is 294 g/mol. The van der Waals surface area contributed by atoms with Crippen LogP contribution >= 0.6 is 0 Å². The van der Waals surface area contributed by atoms with E-state index in [0.29, 0.717) is 0 Å². The van der Waals surface area contributed by atoms with Crippen LogP contribution in [0.2, 0.25) is 0 Å². The highest BCUT2D eigenvalue weighted by Gasteiger charge is 2.66. The summed E-state index contributed by atoms with van der Waals surface area (Å²) in [7, 11) is -12.3. The minimum absolute atomic E-state index is 2.84. The molecule has 0 fully saturated rings. The van der Waals surface area contributed by atoms with E-state index in [1.807, 2.05) is 0 Å². The zero-order valence-electron chi connectivity index (χ0n) is 7.13. The summed E-state index contributed by atoms with van der Waals surface area (Å²) in [6.07, 6.45) is 0. The number of alkyl halides is 5. The first-order valence-corrected chi connectivity index (χ1v) is 6.43. The van der Waals surface area contributed by atoms with Crippen LogP contribution in [0.3, 0.4) is 0 Å². The van der Waals surface area contributed by atoms with Crippen molar-refractivity contribution in [2.24, 2.45) is 0 Å². The van der Waals surface area contributed by atoms with E-state index in [0.717, 1.165) is 0 Å². The number of halogens is 6. The predicted molar refractivity (Wildman–Crippen MR) is 39.7 cm³/mol. The van der Waals surface area contributed by atoms with Crippen molar-refractivity contribution in [2.75, 3.05) is 11.8 Å². The predicted octanol–water partition coefficient (Wildman–Crippen LogP) is 0.856. The zero-order chi connectivity index (χ0) is 13.4. The summed E-state index contributed by atoms with van der Waals surface area (Å²) in [5, 5.41) is -8.85. The van der Waals surface area contributed by atoms with Gasteiger partial charge in [0, 0.05) is 0 Å². The maximum Gasteiger partial charge on any atom is 0.410 e. The van der Waals surface area contributed by atoms with Crippen molar-refractivity contribution in [3.8, 4) is 0 Å². The lowest BCUT2D eigenvalue weighted by Gasteiger charge is -2.22. The molecule has 0 spiro atoms. The Labute approximate surface area is 86.4 Å². The fourth-order valence-corrected chi connectivity index (χ4v) is 3.15. The van der Waals surface area contributed by atoms with E-state index in [1.54, 1.807) is 0 Å². The SMILES string of the molecule is O=S(=O)(F)CS(=O)(=O)C(F)(F)C(F)(F)CF. The largest absolute Gasteiger partial charge is 0.410 e. The van der Waals surface area contributed by atoms with Gasteiger partial charge in [0.05, 0.1) is 0 Å². The van der Waals surface area contributed by atoms with Crippen LogP contribution in [0.15, 0.2) is 0 Å². The number of rotatable bonds is 5. The monoisotopic (exact) mass is 294 g/mol. The van der Waals surface area contributed by atoms with Crippen molar-refractivity contribution < 1.29 is 42.7 Å². The van der Waals surface area contributed by atoms with Gasteiger partial charge >= 0.3 is 21.4 Å². The van der Waals surface area contributed by atoms with Gasteiger partial charge in [-0.1, -0.05) is 0 Å². The summed E-state index contributed by atoms with van der Waals surface area (Å²) in [6.45, 7) is -3.04. The molecule has 0 radical (unpaired) electrons. The Hall–Kier alpha value is -0.520. The smallest absolute Gasteiger partial charge is 0.244 e. The third-order valence-corrected chi connectivity index (χ3v) is 4.73. The molecule has 0 amide bonds. The molecular formula is C4H4F6O4S2. The van der Waals surface area contributed by atoms with Crippen molar-refractivity contribution >= 4 is 20.1 Å². The van der Waals surface area contributed by atoms with Gasteiger partial charge in [-0.25, -0.2) is 12.8 Å². The van der Waals surface area contributed by atoms with Crippen LogP contribution in [0.4, 0.5) is 25.8 Å². The lowest BCUT2D eigenvalue weighted by Crippen LogP contribution is -2.50. The minimum atomic E-state index is -6.37. The quantitative estimate of drug-likeness (QED) is 0.557. The lowest BCUT2D eigenvalue weighted by atomic mass is 10.4. The third kappa shape index (κ3) is 2.99. The molecule has 0 heterocycles. The molecule has 0 bridgehead atoms. The van der Waals surface area contributed by atoms with Crippen LogP contribution < -0.4 is 0 Å². The van der Waals surface area contributed by atoms with Crippen molar-refractivity contribution in [3.63, 3.8) is 0 Å².